The van der Waals surface area contributed by atoms with Crippen molar-refractivity contribution in [2.75, 3.05) is 47.1 Å². The minimum absolute atomic E-state index is 0.493. The van der Waals surface area contributed by atoms with Crippen molar-refractivity contribution in [3.8, 4) is 5.75 Å². The molecule has 0 amide bonds. The van der Waals surface area contributed by atoms with Crippen molar-refractivity contribution < 1.29 is 19.3 Å². The van der Waals surface area contributed by atoms with Crippen molar-refractivity contribution in [3.05, 3.63) is 36.9 Å². The number of ether oxygens (including phenoxy) is 3. The Hall–Kier alpha value is -1.14. The molecule has 0 aromatic heterocycles. The maximum Gasteiger partial charge on any atom is 0.119 e. The van der Waals surface area contributed by atoms with E-state index in [0.29, 0.717) is 33.0 Å². The van der Waals surface area contributed by atoms with Crippen molar-refractivity contribution >= 4 is 0 Å². The number of likely N-dealkylation sites (N-methyl/N-ethyl adjacent to an activating group) is 1. The van der Waals surface area contributed by atoms with Gasteiger partial charge in [-0.25, -0.2) is 0 Å². The average molecular weight is 282 g/mol. The first kappa shape index (κ1) is 16.9. The van der Waals surface area contributed by atoms with Crippen LogP contribution in [0.5, 0.6) is 5.75 Å². The van der Waals surface area contributed by atoms with Crippen LogP contribution in [-0.4, -0.2) is 57.1 Å². The Morgan fingerprint density at radius 1 is 1.15 bits per heavy atom. The Morgan fingerprint density at radius 2 is 1.80 bits per heavy atom. The van der Waals surface area contributed by atoms with Gasteiger partial charge < -0.3 is 24.2 Å². The van der Waals surface area contributed by atoms with E-state index < -0.39 is 6.10 Å². The third-order valence-corrected chi connectivity index (χ3v) is 2.68. The van der Waals surface area contributed by atoms with E-state index in [1.54, 1.807) is 12.0 Å². The zero-order valence-corrected chi connectivity index (χ0v) is 12.2. The van der Waals surface area contributed by atoms with Crippen LogP contribution in [0.1, 0.15) is 11.7 Å². The van der Waals surface area contributed by atoms with Crippen LogP contribution in [0.25, 0.3) is 0 Å². The molecule has 0 aliphatic rings. The van der Waals surface area contributed by atoms with Gasteiger partial charge in [0.1, 0.15) is 12.4 Å². The summed E-state index contributed by atoms with van der Waals surface area (Å²) in [5, 5.41) is 9.92. The fraction of sp³-hybridized carbons (Fsp3) is 0.533. The fourth-order valence-electron chi connectivity index (χ4n) is 1.65. The molecule has 5 nitrogen and oxygen atoms in total. The molecule has 1 unspecified atom stereocenters. The van der Waals surface area contributed by atoms with Crippen LogP contribution >= 0.6 is 0 Å². The minimum Gasteiger partial charge on any atom is -0.491 e. The Labute approximate surface area is 121 Å². The van der Waals surface area contributed by atoms with Crippen molar-refractivity contribution in [2.24, 2.45) is 0 Å². The average Bonchev–Trinajstić information content (AvgIpc) is 2.42. The van der Waals surface area contributed by atoms with Crippen molar-refractivity contribution in [1.82, 2.24) is 4.90 Å². The SMILES string of the molecule is [CH2]N(C)CC(O)c1ccc(OCCOCCOC)cc1. The quantitative estimate of drug-likeness (QED) is 0.659. The summed E-state index contributed by atoms with van der Waals surface area (Å²) in [6.45, 7) is 2.68. The Bertz CT molecular complexity index is 353. The van der Waals surface area contributed by atoms with Crippen molar-refractivity contribution in [3.63, 3.8) is 0 Å². The first-order valence-electron chi connectivity index (χ1n) is 6.62. The van der Waals surface area contributed by atoms with Gasteiger partial charge in [0.2, 0.25) is 0 Å². The largest absolute Gasteiger partial charge is 0.491 e. The van der Waals surface area contributed by atoms with Gasteiger partial charge in [0.05, 0.1) is 25.9 Å². The molecule has 1 aromatic carbocycles. The first-order chi connectivity index (χ1) is 9.63. The second kappa shape index (κ2) is 9.72. The second-order valence-corrected chi connectivity index (χ2v) is 4.58. The van der Waals surface area contributed by atoms with Crippen LogP contribution in [-0.2, 0) is 9.47 Å². The summed E-state index contributed by atoms with van der Waals surface area (Å²) in [4.78, 5) is 1.70. The summed E-state index contributed by atoms with van der Waals surface area (Å²) < 4.78 is 15.7. The van der Waals surface area contributed by atoms with Gasteiger partial charge in [0.15, 0.2) is 0 Å². The number of aliphatic hydroxyl groups is 1. The molecule has 0 saturated carbocycles. The molecule has 0 aliphatic heterocycles. The van der Waals surface area contributed by atoms with Crippen molar-refractivity contribution in [1.29, 1.82) is 0 Å². The first-order valence-corrected chi connectivity index (χ1v) is 6.62. The van der Waals surface area contributed by atoms with E-state index in [0.717, 1.165) is 11.3 Å². The maximum absolute atomic E-state index is 9.92. The molecule has 1 atom stereocenters. The summed E-state index contributed by atoms with van der Waals surface area (Å²) in [6.07, 6.45) is -0.538. The monoisotopic (exact) mass is 282 g/mol. The van der Waals surface area contributed by atoms with Gasteiger partial charge in [0, 0.05) is 20.7 Å². The molecule has 0 fully saturated rings. The van der Waals surface area contributed by atoms with E-state index >= 15 is 0 Å². The smallest absolute Gasteiger partial charge is 0.119 e. The molecule has 0 aliphatic carbocycles. The van der Waals surface area contributed by atoms with E-state index in [1.807, 2.05) is 31.3 Å². The lowest BCUT2D eigenvalue weighted by molar-refractivity contribution is 0.0544. The van der Waals surface area contributed by atoms with Gasteiger partial charge in [-0.3, -0.25) is 0 Å². The van der Waals surface area contributed by atoms with Crippen LogP contribution in [0.2, 0.25) is 0 Å². The summed E-state index contributed by atoms with van der Waals surface area (Å²) in [5.41, 5.74) is 0.851. The molecular formula is C15H24NO4. The molecule has 0 heterocycles. The summed E-state index contributed by atoms with van der Waals surface area (Å²) in [6, 6.07) is 7.40. The molecule has 20 heavy (non-hydrogen) atoms. The highest BCUT2D eigenvalue weighted by atomic mass is 16.5. The van der Waals surface area contributed by atoms with Gasteiger partial charge in [-0.05, 0) is 24.7 Å². The van der Waals surface area contributed by atoms with Gasteiger partial charge in [-0.2, -0.15) is 0 Å². The van der Waals surface area contributed by atoms with Crippen LogP contribution in [0, 0.1) is 7.05 Å². The van der Waals surface area contributed by atoms with Crippen LogP contribution in [0.3, 0.4) is 0 Å². The highest BCUT2D eigenvalue weighted by Gasteiger charge is 2.08. The molecule has 1 radical (unpaired) electrons. The molecule has 5 heteroatoms. The number of methoxy groups -OCH3 is 1. The Morgan fingerprint density at radius 3 is 2.40 bits per heavy atom. The minimum atomic E-state index is -0.538. The van der Waals surface area contributed by atoms with E-state index in [2.05, 4.69) is 7.05 Å². The number of hydrogen-bond acceptors (Lipinski definition) is 5. The standard InChI is InChI=1S/C15H24NO4/c1-16(2)12-15(17)13-4-6-14(7-5-13)20-11-10-19-9-8-18-3/h4-7,15,17H,1,8-12H2,2-3H3. The predicted molar refractivity (Wildman–Crippen MR) is 77.6 cm³/mol. The van der Waals surface area contributed by atoms with E-state index in [4.69, 9.17) is 14.2 Å². The van der Waals surface area contributed by atoms with Gasteiger partial charge in [0.25, 0.3) is 0 Å². The third kappa shape index (κ3) is 6.86. The third-order valence-electron chi connectivity index (χ3n) is 2.68. The predicted octanol–water partition coefficient (Wildman–Crippen LogP) is 1.49. The second-order valence-electron chi connectivity index (χ2n) is 4.58. The number of benzene rings is 1. The molecule has 0 bridgehead atoms. The highest BCUT2D eigenvalue weighted by molar-refractivity contribution is 5.28. The summed E-state index contributed by atoms with van der Waals surface area (Å²) in [5.74, 6) is 0.763. The molecule has 113 valence electrons. The zero-order valence-electron chi connectivity index (χ0n) is 12.2. The molecule has 1 N–H and O–H groups in total. The van der Waals surface area contributed by atoms with E-state index in [-0.39, 0.29) is 0 Å². The van der Waals surface area contributed by atoms with E-state index in [1.165, 1.54) is 0 Å². The number of hydrogen-bond donors (Lipinski definition) is 1. The van der Waals surface area contributed by atoms with Crippen LogP contribution < -0.4 is 4.74 Å². The van der Waals surface area contributed by atoms with Gasteiger partial charge >= 0.3 is 0 Å². The number of nitrogens with zero attached hydrogens (tertiary/aromatic N) is 1. The lowest BCUT2D eigenvalue weighted by Crippen LogP contribution is -2.18. The Kier molecular flexibility index (Phi) is 8.22. The Balaban J connectivity index is 2.28. The fourth-order valence-corrected chi connectivity index (χ4v) is 1.65. The number of rotatable bonds is 10. The van der Waals surface area contributed by atoms with Crippen LogP contribution in [0.15, 0.2) is 24.3 Å². The zero-order chi connectivity index (χ0) is 14.8. The number of aliphatic hydroxyl groups excluding tert-OH is 1. The summed E-state index contributed by atoms with van der Waals surface area (Å²) in [7, 11) is 7.18. The molecule has 1 rings (SSSR count). The molecule has 0 saturated heterocycles. The maximum atomic E-state index is 9.92. The van der Waals surface area contributed by atoms with Gasteiger partial charge in [-0.1, -0.05) is 12.1 Å². The van der Waals surface area contributed by atoms with E-state index in [9.17, 15) is 5.11 Å². The topological polar surface area (TPSA) is 51.2 Å². The summed E-state index contributed by atoms with van der Waals surface area (Å²) >= 11 is 0. The lowest BCUT2D eigenvalue weighted by Gasteiger charge is -2.16. The lowest BCUT2D eigenvalue weighted by atomic mass is 10.1. The molecule has 1 aromatic rings. The van der Waals surface area contributed by atoms with Gasteiger partial charge in [-0.15, -0.1) is 0 Å². The highest BCUT2D eigenvalue weighted by Crippen LogP contribution is 2.18. The van der Waals surface area contributed by atoms with Crippen LogP contribution in [0.4, 0.5) is 0 Å². The molecule has 0 spiro atoms. The molecular weight excluding hydrogens is 258 g/mol. The van der Waals surface area contributed by atoms with Crippen molar-refractivity contribution in [2.45, 2.75) is 6.10 Å². The normalized spacial score (nSPS) is 12.7.